The Labute approximate surface area is 233 Å². The Hall–Kier alpha value is -2.31. The second-order valence-corrected chi connectivity index (χ2v) is 11.9. The minimum Gasteiger partial charge on any atom is -0.480 e. The number of carboxylic acids is 1. The van der Waals surface area contributed by atoms with Crippen molar-refractivity contribution < 1.29 is 14.7 Å². The van der Waals surface area contributed by atoms with Crippen LogP contribution in [0.5, 0.6) is 0 Å². The summed E-state index contributed by atoms with van der Waals surface area (Å²) in [6.45, 7) is 4.27. The summed E-state index contributed by atoms with van der Waals surface area (Å²) in [6, 6.07) is 12.9. The lowest BCUT2D eigenvalue weighted by Crippen LogP contribution is -2.41. The molecule has 2 aromatic carbocycles. The van der Waals surface area contributed by atoms with Crippen LogP contribution in [0.1, 0.15) is 98.7 Å². The van der Waals surface area contributed by atoms with Crippen molar-refractivity contribution in [3.05, 3.63) is 59.2 Å². The van der Waals surface area contributed by atoms with Crippen LogP contribution in [0.15, 0.2) is 42.5 Å². The van der Waals surface area contributed by atoms with Gasteiger partial charge in [-0.05, 0) is 84.4 Å². The van der Waals surface area contributed by atoms with E-state index in [1.165, 1.54) is 44.9 Å². The molecule has 1 aliphatic rings. The van der Waals surface area contributed by atoms with Gasteiger partial charge >= 0.3 is 5.97 Å². The van der Waals surface area contributed by atoms with Crippen molar-refractivity contribution in [3.63, 3.8) is 0 Å². The minimum atomic E-state index is -1.01. The lowest BCUT2D eigenvalue weighted by molar-refractivity contribution is -0.139. The second-order valence-electron chi connectivity index (χ2n) is 10.9. The first kappa shape index (κ1) is 30.2. The number of carboxylic acid groups (broad SMARTS) is 1. The Balaban J connectivity index is 1.95. The van der Waals surface area contributed by atoms with Crippen LogP contribution in [-0.2, 0) is 4.79 Å². The zero-order valence-corrected chi connectivity index (χ0v) is 24.2. The van der Waals surface area contributed by atoms with Crippen molar-refractivity contribution in [3.8, 4) is 11.1 Å². The molecular formula is C32H46N2O3S. The van der Waals surface area contributed by atoms with E-state index in [0.29, 0.717) is 23.7 Å². The molecule has 3 unspecified atom stereocenters. The summed E-state index contributed by atoms with van der Waals surface area (Å²) < 4.78 is 0. The minimum absolute atomic E-state index is 0.100. The maximum atomic E-state index is 13.4. The van der Waals surface area contributed by atoms with Gasteiger partial charge in [0.25, 0.3) is 5.91 Å². The molecule has 2 aromatic rings. The summed E-state index contributed by atoms with van der Waals surface area (Å²) in [7, 11) is 0. The number of carbonyl (C=O) groups excluding carboxylic acids is 1. The van der Waals surface area contributed by atoms with E-state index in [-0.39, 0.29) is 11.9 Å². The van der Waals surface area contributed by atoms with Crippen molar-refractivity contribution in [1.29, 1.82) is 0 Å². The molecule has 4 N–H and O–H groups in total. The van der Waals surface area contributed by atoms with Crippen LogP contribution in [0.3, 0.4) is 0 Å². The van der Waals surface area contributed by atoms with Gasteiger partial charge in [-0.15, -0.1) is 0 Å². The quantitative estimate of drug-likeness (QED) is 0.233. The van der Waals surface area contributed by atoms with Gasteiger partial charge in [-0.1, -0.05) is 82.2 Å². The van der Waals surface area contributed by atoms with Crippen LogP contribution in [-0.4, -0.2) is 35.0 Å². The Bertz CT molecular complexity index is 1050. The average Bonchev–Trinajstić information content (AvgIpc) is 2.93. The van der Waals surface area contributed by atoms with Crippen molar-refractivity contribution >= 4 is 23.6 Å². The first-order chi connectivity index (χ1) is 18.3. The third-order valence-electron chi connectivity index (χ3n) is 8.12. The molecule has 1 saturated carbocycles. The highest BCUT2D eigenvalue weighted by molar-refractivity contribution is 7.98. The van der Waals surface area contributed by atoms with E-state index >= 15 is 0 Å². The molecule has 208 valence electrons. The molecule has 6 heteroatoms. The van der Waals surface area contributed by atoms with Gasteiger partial charge in [-0.25, -0.2) is 4.79 Å². The zero-order chi connectivity index (χ0) is 27.5. The van der Waals surface area contributed by atoms with E-state index in [1.807, 2.05) is 49.6 Å². The third-order valence-corrected chi connectivity index (χ3v) is 8.76. The lowest BCUT2D eigenvalue weighted by Gasteiger charge is -2.31. The number of aliphatic carboxylic acids is 1. The normalized spacial score (nSPS) is 16.5. The standard InChI is InChI=1S/C32H46N2O3S/c1-4-5-14-24(20-23-12-7-6-8-13-23)30(33)25-16-17-27(28(21-25)26-15-10-9-11-22(26)2)31(35)34-29(32(36)37)18-19-38-3/h9-11,15-17,21,23-24,29-30H,4-8,12-14,18-20,33H2,1-3H3,(H,34,35)(H,36,37). The number of carbonyl (C=O) groups is 2. The summed E-state index contributed by atoms with van der Waals surface area (Å²) in [5, 5.41) is 12.4. The largest absolute Gasteiger partial charge is 0.480 e. The van der Waals surface area contributed by atoms with Crippen LogP contribution >= 0.6 is 11.8 Å². The second kappa shape index (κ2) is 15.3. The van der Waals surface area contributed by atoms with Gasteiger partial charge in [-0.2, -0.15) is 11.8 Å². The van der Waals surface area contributed by atoms with Crippen LogP contribution < -0.4 is 11.1 Å². The SMILES string of the molecule is CCCCC(CC1CCCCC1)C(N)c1ccc(C(=O)NC(CCSC)C(=O)O)c(-c2ccccc2C)c1. The molecule has 1 fully saturated rings. The number of benzene rings is 2. The van der Waals surface area contributed by atoms with Crippen molar-refractivity contribution in [1.82, 2.24) is 5.32 Å². The van der Waals surface area contributed by atoms with Gasteiger partial charge in [0.05, 0.1) is 0 Å². The first-order valence-corrected chi connectivity index (χ1v) is 15.7. The van der Waals surface area contributed by atoms with Gasteiger partial charge in [0, 0.05) is 11.6 Å². The molecule has 0 radical (unpaired) electrons. The monoisotopic (exact) mass is 538 g/mol. The van der Waals surface area contributed by atoms with Crippen LogP contribution in [0, 0.1) is 18.8 Å². The van der Waals surface area contributed by atoms with Gasteiger partial charge in [0.1, 0.15) is 6.04 Å². The highest BCUT2D eigenvalue weighted by atomic mass is 32.2. The smallest absolute Gasteiger partial charge is 0.326 e. The zero-order valence-electron chi connectivity index (χ0n) is 23.4. The number of rotatable bonds is 14. The molecule has 0 heterocycles. The fourth-order valence-corrected chi connectivity index (χ4v) is 6.30. The van der Waals surface area contributed by atoms with Gasteiger partial charge in [-0.3, -0.25) is 4.79 Å². The van der Waals surface area contributed by atoms with Crippen molar-refractivity contribution in [2.45, 2.75) is 90.1 Å². The van der Waals surface area contributed by atoms with E-state index in [1.54, 1.807) is 11.8 Å². The predicted molar refractivity (Wildman–Crippen MR) is 160 cm³/mol. The molecule has 5 nitrogen and oxygen atoms in total. The molecule has 1 aliphatic carbocycles. The van der Waals surface area contributed by atoms with Crippen LogP contribution in [0.25, 0.3) is 11.1 Å². The lowest BCUT2D eigenvalue weighted by atomic mass is 9.77. The van der Waals surface area contributed by atoms with E-state index in [4.69, 9.17) is 5.73 Å². The van der Waals surface area contributed by atoms with Gasteiger partial charge in [0.15, 0.2) is 0 Å². The number of amides is 1. The summed E-state index contributed by atoms with van der Waals surface area (Å²) in [5.74, 6) is 0.458. The molecule has 3 rings (SSSR count). The van der Waals surface area contributed by atoms with E-state index in [0.717, 1.165) is 41.0 Å². The highest BCUT2D eigenvalue weighted by Crippen LogP contribution is 2.37. The highest BCUT2D eigenvalue weighted by Gasteiger charge is 2.27. The van der Waals surface area contributed by atoms with Crippen LogP contribution in [0.2, 0.25) is 0 Å². The molecule has 3 atom stereocenters. The molecule has 0 aliphatic heterocycles. The number of nitrogens with two attached hydrogens (primary N) is 1. The molecule has 0 saturated heterocycles. The fourth-order valence-electron chi connectivity index (χ4n) is 5.83. The van der Waals surface area contributed by atoms with E-state index in [9.17, 15) is 14.7 Å². The first-order valence-electron chi connectivity index (χ1n) is 14.3. The molecule has 38 heavy (non-hydrogen) atoms. The fraction of sp³-hybridized carbons (Fsp3) is 0.562. The van der Waals surface area contributed by atoms with Crippen molar-refractivity contribution in [2.24, 2.45) is 17.6 Å². The summed E-state index contributed by atoms with van der Waals surface area (Å²) in [6.07, 6.45) is 13.5. The molecule has 0 bridgehead atoms. The molecular weight excluding hydrogens is 492 g/mol. The van der Waals surface area contributed by atoms with E-state index in [2.05, 4.69) is 18.3 Å². The molecule has 1 amide bonds. The van der Waals surface area contributed by atoms with Crippen molar-refractivity contribution in [2.75, 3.05) is 12.0 Å². The number of aryl methyl sites for hydroxylation is 1. The number of hydrogen-bond acceptors (Lipinski definition) is 4. The maximum absolute atomic E-state index is 13.4. The summed E-state index contributed by atoms with van der Waals surface area (Å²) in [5.41, 5.74) is 11.4. The Morgan fingerprint density at radius 3 is 2.47 bits per heavy atom. The Morgan fingerprint density at radius 1 is 1.08 bits per heavy atom. The number of unbranched alkanes of at least 4 members (excludes halogenated alkanes) is 1. The predicted octanol–water partition coefficient (Wildman–Crippen LogP) is 7.37. The summed E-state index contributed by atoms with van der Waals surface area (Å²) in [4.78, 5) is 25.2. The molecule has 0 aromatic heterocycles. The summed E-state index contributed by atoms with van der Waals surface area (Å²) >= 11 is 1.57. The third kappa shape index (κ3) is 8.34. The topological polar surface area (TPSA) is 92.4 Å². The number of nitrogens with one attached hydrogen (secondary N) is 1. The number of thioether (sulfide) groups is 1. The Morgan fingerprint density at radius 2 is 1.82 bits per heavy atom. The maximum Gasteiger partial charge on any atom is 0.326 e. The average molecular weight is 539 g/mol. The van der Waals surface area contributed by atoms with Gasteiger partial charge < -0.3 is 16.2 Å². The molecule has 0 spiro atoms. The Kier molecular flexibility index (Phi) is 12.2. The van der Waals surface area contributed by atoms with E-state index < -0.39 is 12.0 Å². The number of hydrogen-bond donors (Lipinski definition) is 3. The van der Waals surface area contributed by atoms with Gasteiger partial charge in [0.2, 0.25) is 0 Å². The van der Waals surface area contributed by atoms with Crippen LogP contribution in [0.4, 0.5) is 0 Å².